The third-order valence-corrected chi connectivity index (χ3v) is 6.11. The molecule has 1 heteroatoms. The summed E-state index contributed by atoms with van der Waals surface area (Å²) in [6.45, 7) is 14.9. The summed E-state index contributed by atoms with van der Waals surface area (Å²) in [5.74, 6) is 0. The second-order valence-electron chi connectivity index (χ2n) is 8.98. The summed E-state index contributed by atoms with van der Waals surface area (Å²) in [5, 5.41) is 0. The van der Waals surface area contributed by atoms with Gasteiger partial charge in [-0.1, -0.05) is 110 Å². The van der Waals surface area contributed by atoms with Gasteiger partial charge in [-0.15, -0.1) is 0 Å². The van der Waals surface area contributed by atoms with Crippen LogP contribution in [0, 0.1) is 6.92 Å². The van der Waals surface area contributed by atoms with Crippen LogP contribution < -0.4 is 0 Å². The first-order valence-corrected chi connectivity index (χ1v) is 12.4. The Morgan fingerprint density at radius 2 is 1.54 bits per heavy atom. The van der Waals surface area contributed by atoms with E-state index in [1.54, 1.807) is 0 Å². The van der Waals surface area contributed by atoms with Gasteiger partial charge in [0.15, 0.2) is 0 Å². The van der Waals surface area contributed by atoms with Crippen LogP contribution in [0.2, 0.25) is 0 Å². The van der Waals surface area contributed by atoms with Crippen molar-refractivity contribution in [2.75, 3.05) is 0 Å². The molecule has 0 atom stereocenters. The Bertz CT molecular complexity index is 1240. The standard InChI is InChI=1S/C34H37N/c1-6-10-32-18-16-29(24-28(32)5)14-12-26(3)23-27(4)13-15-30-17-19-33(31(7-2)25-30)20-21-34-11-8-9-22-35-34/h6,8-19,22,24-25H,3-4,7,20-21,23H2,1-2,5H3/b10-6-,14-12+,15-13+. The van der Waals surface area contributed by atoms with Gasteiger partial charge in [0.1, 0.15) is 0 Å². The van der Waals surface area contributed by atoms with Crippen LogP contribution in [0.5, 0.6) is 0 Å². The van der Waals surface area contributed by atoms with Gasteiger partial charge in [0.05, 0.1) is 0 Å². The number of aryl methyl sites for hydroxylation is 4. The van der Waals surface area contributed by atoms with Crippen LogP contribution in [0.25, 0.3) is 18.2 Å². The molecule has 3 aromatic rings. The van der Waals surface area contributed by atoms with Crippen molar-refractivity contribution in [2.24, 2.45) is 0 Å². The van der Waals surface area contributed by atoms with E-state index < -0.39 is 0 Å². The summed E-state index contributed by atoms with van der Waals surface area (Å²) in [6, 6.07) is 19.4. The zero-order valence-electron chi connectivity index (χ0n) is 21.4. The predicted molar refractivity (Wildman–Crippen MR) is 154 cm³/mol. The van der Waals surface area contributed by atoms with E-state index in [4.69, 9.17) is 0 Å². The van der Waals surface area contributed by atoms with Crippen molar-refractivity contribution >= 4 is 18.2 Å². The molecule has 1 nitrogen and oxygen atoms in total. The van der Waals surface area contributed by atoms with Gasteiger partial charge in [0.2, 0.25) is 0 Å². The third-order valence-electron chi connectivity index (χ3n) is 6.11. The van der Waals surface area contributed by atoms with Gasteiger partial charge in [0.25, 0.3) is 0 Å². The molecule has 0 unspecified atom stereocenters. The number of nitrogens with zero attached hydrogens (tertiary/aromatic N) is 1. The lowest BCUT2D eigenvalue weighted by Crippen LogP contribution is -1.98. The van der Waals surface area contributed by atoms with Crippen LogP contribution in [-0.2, 0) is 19.3 Å². The second-order valence-corrected chi connectivity index (χ2v) is 8.98. The van der Waals surface area contributed by atoms with Gasteiger partial charge in [0, 0.05) is 11.9 Å². The molecule has 0 amide bonds. The van der Waals surface area contributed by atoms with E-state index in [-0.39, 0.29) is 0 Å². The fraction of sp³-hybridized carbons (Fsp3) is 0.206. The van der Waals surface area contributed by atoms with Crippen molar-refractivity contribution in [1.82, 2.24) is 4.98 Å². The molecule has 35 heavy (non-hydrogen) atoms. The third kappa shape index (κ3) is 8.22. The highest BCUT2D eigenvalue weighted by molar-refractivity contribution is 5.61. The van der Waals surface area contributed by atoms with Gasteiger partial charge >= 0.3 is 0 Å². The fourth-order valence-corrected chi connectivity index (χ4v) is 4.14. The molecule has 2 aromatic carbocycles. The van der Waals surface area contributed by atoms with Gasteiger partial charge in [-0.2, -0.15) is 0 Å². The van der Waals surface area contributed by atoms with Gasteiger partial charge in [-0.05, 0) is 85.0 Å². The summed E-state index contributed by atoms with van der Waals surface area (Å²) < 4.78 is 0. The molecule has 0 aliphatic heterocycles. The first-order valence-electron chi connectivity index (χ1n) is 12.4. The molecule has 0 bridgehead atoms. The summed E-state index contributed by atoms with van der Waals surface area (Å²) in [6.07, 6.45) is 18.3. The number of rotatable bonds is 11. The van der Waals surface area contributed by atoms with Crippen LogP contribution in [0.4, 0.5) is 0 Å². The summed E-state index contributed by atoms with van der Waals surface area (Å²) in [7, 11) is 0. The number of hydrogen-bond donors (Lipinski definition) is 0. The normalized spacial score (nSPS) is 11.6. The number of allylic oxidation sites excluding steroid dienone is 5. The molecular formula is C34H37N. The highest BCUT2D eigenvalue weighted by Crippen LogP contribution is 2.19. The summed E-state index contributed by atoms with van der Waals surface area (Å²) in [5.41, 5.74) is 11.0. The molecule has 0 fully saturated rings. The lowest BCUT2D eigenvalue weighted by Gasteiger charge is -2.09. The van der Waals surface area contributed by atoms with Crippen LogP contribution in [0.15, 0.2) is 103 Å². The molecule has 0 N–H and O–H groups in total. The molecule has 0 saturated heterocycles. The monoisotopic (exact) mass is 459 g/mol. The zero-order chi connectivity index (χ0) is 25.0. The minimum atomic E-state index is 0.755. The average Bonchev–Trinajstić information content (AvgIpc) is 2.87. The Balaban J connectivity index is 1.56. The van der Waals surface area contributed by atoms with Crippen molar-refractivity contribution in [3.05, 3.63) is 142 Å². The summed E-state index contributed by atoms with van der Waals surface area (Å²) in [4.78, 5) is 4.45. The van der Waals surface area contributed by atoms with Crippen LogP contribution in [0.1, 0.15) is 59.3 Å². The molecule has 178 valence electrons. The Morgan fingerprint density at radius 1 is 0.829 bits per heavy atom. The number of benzene rings is 2. The SMILES string of the molecule is C=C(/C=C/c1ccc(/C=C\C)c(C)c1)CC(=C)/C=C/c1ccc(CCc2ccccn2)c(CC)c1. The molecule has 0 radical (unpaired) electrons. The highest BCUT2D eigenvalue weighted by atomic mass is 14.7. The highest BCUT2D eigenvalue weighted by Gasteiger charge is 2.04. The Kier molecular flexibility index (Phi) is 9.80. The Hall–Kier alpha value is -3.71. The maximum atomic E-state index is 4.45. The molecule has 1 heterocycles. The quantitative estimate of drug-likeness (QED) is 0.261. The summed E-state index contributed by atoms with van der Waals surface area (Å²) >= 11 is 0. The van der Waals surface area contributed by atoms with E-state index in [2.05, 4.69) is 117 Å². The smallest absolute Gasteiger partial charge is 0.0406 e. The molecular weight excluding hydrogens is 422 g/mol. The largest absolute Gasteiger partial charge is 0.261 e. The number of hydrogen-bond acceptors (Lipinski definition) is 1. The first-order chi connectivity index (χ1) is 17.0. The molecule has 0 spiro atoms. The second kappa shape index (κ2) is 13.2. The van der Waals surface area contributed by atoms with Crippen LogP contribution in [0.3, 0.4) is 0 Å². The van der Waals surface area contributed by atoms with E-state index in [0.717, 1.165) is 42.5 Å². The Morgan fingerprint density at radius 3 is 2.17 bits per heavy atom. The average molecular weight is 460 g/mol. The topological polar surface area (TPSA) is 12.9 Å². The lowest BCUT2D eigenvalue weighted by atomic mass is 9.97. The van der Waals surface area contributed by atoms with Crippen molar-refractivity contribution in [3.8, 4) is 0 Å². The van der Waals surface area contributed by atoms with Crippen LogP contribution in [-0.4, -0.2) is 4.98 Å². The van der Waals surface area contributed by atoms with Crippen LogP contribution >= 0.6 is 0 Å². The number of aromatic nitrogens is 1. The Labute approximate surface area is 212 Å². The van der Waals surface area contributed by atoms with E-state index in [9.17, 15) is 0 Å². The molecule has 1 aromatic heterocycles. The molecule has 0 saturated carbocycles. The van der Waals surface area contributed by atoms with E-state index >= 15 is 0 Å². The van der Waals surface area contributed by atoms with Crippen molar-refractivity contribution in [1.29, 1.82) is 0 Å². The van der Waals surface area contributed by atoms with E-state index in [0.29, 0.717) is 0 Å². The van der Waals surface area contributed by atoms with Crippen molar-refractivity contribution < 1.29 is 0 Å². The van der Waals surface area contributed by atoms with E-state index in [1.807, 2.05) is 19.2 Å². The van der Waals surface area contributed by atoms with Gasteiger partial charge in [-0.25, -0.2) is 0 Å². The maximum Gasteiger partial charge on any atom is 0.0406 e. The van der Waals surface area contributed by atoms with Gasteiger partial charge in [-0.3, -0.25) is 4.98 Å². The minimum Gasteiger partial charge on any atom is -0.261 e. The molecule has 0 aliphatic carbocycles. The van der Waals surface area contributed by atoms with Gasteiger partial charge < -0.3 is 0 Å². The van der Waals surface area contributed by atoms with Crippen molar-refractivity contribution in [3.63, 3.8) is 0 Å². The van der Waals surface area contributed by atoms with Crippen molar-refractivity contribution in [2.45, 2.75) is 46.5 Å². The fourth-order valence-electron chi connectivity index (χ4n) is 4.14. The maximum absolute atomic E-state index is 4.45. The number of pyridine rings is 1. The molecule has 0 aliphatic rings. The molecule has 3 rings (SSSR count). The zero-order valence-corrected chi connectivity index (χ0v) is 21.4. The first kappa shape index (κ1) is 25.9. The lowest BCUT2D eigenvalue weighted by molar-refractivity contribution is 0.895. The minimum absolute atomic E-state index is 0.755. The predicted octanol–water partition coefficient (Wildman–Crippen LogP) is 9.00. The van der Waals surface area contributed by atoms with E-state index in [1.165, 1.54) is 33.4 Å².